The standard InChI is InChI=1S/C11H17N5/c12-10-8-7-13-4-3-9(8)14-11(15-10)16-5-1-2-6-16/h13H,1-7H2,(H2,12,14,15). The first-order valence-corrected chi connectivity index (χ1v) is 5.95. The zero-order chi connectivity index (χ0) is 11.0. The van der Waals surface area contributed by atoms with Gasteiger partial charge < -0.3 is 16.0 Å². The minimum absolute atomic E-state index is 0.652. The van der Waals surface area contributed by atoms with E-state index in [1.54, 1.807) is 0 Å². The predicted octanol–water partition coefficient (Wildman–Crippen LogP) is 0.305. The second kappa shape index (κ2) is 3.90. The van der Waals surface area contributed by atoms with E-state index in [4.69, 9.17) is 5.73 Å². The van der Waals surface area contributed by atoms with Gasteiger partial charge in [0.2, 0.25) is 5.95 Å². The number of anilines is 2. The summed E-state index contributed by atoms with van der Waals surface area (Å²) in [7, 11) is 0. The molecule has 2 aliphatic rings. The van der Waals surface area contributed by atoms with Gasteiger partial charge in [0, 0.05) is 38.2 Å². The van der Waals surface area contributed by atoms with E-state index in [9.17, 15) is 0 Å². The molecule has 3 heterocycles. The first-order chi connectivity index (χ1) is 7.84. The highest BCUT2D eigenvalue weighted by molar-refractivity contribution is 5.49. The van der Waals surface area contributed by atoms with Crippen molar-refractivity contribution in [3.05, 3.63) is 11.3 Å². The Morgan fingerprint density at radius 1 is 1.19 bits per heavy atom. The molecule has 2 aliphatic heterocycles. The Hall–Kier alpha value is -1.36. The third kappa shape index (κ3) is 1.61. The van der Waals surface area contributed by atoms with Crippen molar-refractivity contribution < 1.29 is 0 Å². The lowest BCUT2D eigenvalue weighted by atomic mass is 10.1. The Morgan fingerprint density at radius 3 is 2.81 bits per heavy atom. The van der Waals surface area contributed by atoms with E-state index in [-0.39, 0.29) is 0 Å². The summed E-state index contributed by atoms with van der Waals surface area (Å²) in [6, 6.07) is 0. The number of hydrogen-bond acceptors (Lipinski definition) is 5. The Morgan fingerprint density at radius 2 is 2.00 bits per heavy atom. The number of nitrogen functional groups attached to an aromatic ring is 1. The lowest BCUT2D eigenvalue weighted by Gasteiger charge is -2.21. The summed E-state index contributed by atoms with van der Waals surface area (Å²) >= 11 is 0. The van der Waals surface area contributed by atoms with Crippen LogP contribution in [-0.2, 0) is 13.0 Å². The van der Waals surface area contributed by atoms with Gasteiger partial charge in [-0.1, -0.05) is 0 Å². The number of nitrogens with two attached hydrogens (primary N) is 1. The predicted molar refractivity (Wildman–Crippen MR) is 63.3 cm³/mol. The molecule has 0 bridgehead atoms. The highest BCUT2D eigenvalue weighted by atomic mass is 15.3. The maximum Gasteiger partial charge on any atom is 0.227 e. The third-order valence-electron chi connectivity index (χ3n) is 3.34. The van der Waals surface area contributed by atoms with Gasteiger partial charge >= 0.3 is 0 Å². The Kier molecular flexibility index (Phi) is 2.40. The molecule has 5 nitrogen and oxygen atoms in total. The summed E-state index contributed by atoms with van der Waals surface area (Å²) < 4.78 is 0. The highest BCUT2D eigenvalue weighted by Gasteiger charge is 2.20. The van der Waals surface area contributed by atoms with Crippen molar-refractivity contribution in [3.8, 4) is 0 Å². The summed E-state index contributed by atoms with van der Waals surface area (Å²) in [6.45, 7) is 3.93. The van der Waals surface area contributed by atoms with Gasteiger partial charge in [0.05, 0.1) is 5.69 Å². The fraction of sp³-hybridized carbons (Fsp3) is 0.636. The van der Waals surface area contributed by atoms with Gasteiger partial charge in [-0.2, -0.15) is 4.98 Å². The molecule has 0 radical (unpaired) electrons. The molecule has 0 spiro atoms. The van der Waals surface area contributed by atoms with E-state index in [0.717, 1.165) is 49.8 Å². The molecule has 1 fully saturated rings. The van der Waals surface area contributed by atoms with Crippen molar-refractivity contribution >= 4 is 11.8 Å². The second-order valence-corrected chi connectivity index (χ2v) is 4.46. The van der Waals surface area contributed by atoms with Crippen LogP contribution in [0.2, 0.25) is 0 Å². The fourth-order valence-electron chi connectivity index (χ4n) is 2.41. The molecular formula is C11H17N5. The van der Waals surface area contributed by atoms with Gasteiger partial charge in [0.15, 0.2) is 0 Å². The van der Waals surface area contributed by atoms with E-state index >= 15 is 0 Å². The highest BCUT2D eigenvalue weighted by Crippen LogP contribution is 2.23. The van der Waals surface area contributed by atoms with Gasteiger partial charge in [0.1, 0.15) is 5.82 Å². The number of fused-ring (bicyclic) bond motifs is 1. The van der Waals surface area contributed by atoms with E-state index < -0.39 is 0 Å². The van der Waals surface area contributed by atoms with Gasteiger partial charge in [-0.25, -0.2) is 4.98 Å². The minimum atomic E-state index is 0.652. The molecule has 0 aliphatic carbocycles. The second-order valence-electron chi connectivity index (χ2n) is 4.46. The summed E-state index contributed by atoms with van der Waals surface area (Å²) in [5.41, 5.74) is 8.22. The first-order valence-electron chi connectivity index (χ1n) is 5.95. The number of hydrogen-bond donors (Lipinski definition) is 2. The molecule has 3 N–H and O–H groups in total. The van der Waals surface area contributed by atoms with Crippen molar-refractivity contribution in [3.63, 3.8) is 0 Å². The summed E-state index contributed by atoms with van der Waals surface area (Å²) in [5, 5.41) is 3.30. The quantitative estimate of drug-likeness (QED) is 0.711. The fourth-order valence-corrected chi connectivity index (χ4v) is 2.41. The molecule has 5 heteroatoms. The van der Waals surface area contributed by atoms with Gasteiger partial charge in [-0.05, 0) is 12.8 Å². The zero-order valence-electron chi connectivity index (χ0n) is 9.37. The van der Waals surface area contributed by atoms with Crippen molar-refractivity contribution in [1.82, 2.24) is 15.3 Å². The molecule has 0 aromatic carbocycles. The Labute approximate surface area is 95.1 Å². The Balaban J connectivity index is 1.97. The van der Waals surface area contributed by atoms with Crippen molar-refractivity contribution in [2.75, 3.05) is 30.3 Å². The number of nitrogens with zero attached hydrogens (tertiary/aromatic N) is 3. The average molecular weight is 219 g/mol. The summed E-state index contributed by atoms with van der Waals surface area (Å²) in [6.07, 6.45) is 3.44. The molecule has 0 atom stereocenters. The third-order valence-corrected chi connectivity index (χ3v) is 3.34. The molecule has 1 saturated heterocycles. The number of aromatic nitrogens is 2. The topological polar surface area (TPSA) is 67.1 Å². The van der Waals surface area contributed by atoms with Crippen LogP contribution < -0.4 is 16.0 Å². The number of rotatable bonds is 1. The van der Waals surface area contributed by atoms with Crippen molar-refractivity contribution in [2.24, 2.45) is 0 Å². The van der Waals surface area contributed by atoms with Gasteiger partial charge in [-0.3, -0.25) is 0 Å². The molecule has 86 valence electrons. The molecular weight excluding hydrogens is 202 g/mol. The van der Waals surface area contributed by atoms with Crippen LogP contribution in [-0.4, -0.2) is 29.6 Å². The zero-order valence-corrected chi connectivity index (χ0v) is 9.37. The van der Waals surface area contributed by atoms with Crippen LogP contribution in [0.4, 0.5) is 11.8 Å². The Bertz CT molecular complexity index is 398. The van der Waals surface area contributed by atoms with Gasteiger partial charge in [-0.15, -0.1) is 0 Å². The molecule has 0 unspecified atom stereocenters. The largest absolute Gasteiger partial charge is 0.383 e. The van der Waals surface area contributed by atoms with Crippen LogP contribution in [0.15, 0.2) is 0 Å². The van der Waals surface area contributed by atoms with E-state index in [1.165, 1.54) is 12.8 Å². The monoisotopic (exact) mass is 219 g/mol. The first kappa shape index (κ1) is 9.84. The van der Waals surface area contributed by atoms with Gasteiger partial charge in [0.25, 0.3) is 0 Å². The summed E-state index contributed by atoms with van der Waals surface area (Å²) in [5.74, 6) is 1.48. The normalized spacial score (nSPS) is 19.9. The van der Waals surface area contributed by atoms with Crippen LogP contribution in [0, 0.1) is 0 Å². The molecule has 3 rings (SSSR count). The maximum absolute atomic E-state index is 5.99. The van der Waals surface area contributed by atoms with E-state index in [1.807, 2.05) is 0 Å². The van der Waals surface area contributed by atoms with Crippen molar-refractivity contribution in [1.29, 1.82) is 0 Å². The molecule has 0 saturated carbocycles. The molecule has 1 aromatic rings. The van der Waals surface area contributed by atoms with Crippen LogP contribution in [0.1, 0.15) is 24.1 Å². The van der Waals surface area contributed by atoms with E-state index in [2.05, 4.69) is 20.2 Å². The van der Waals surface area contributed by atoms with Crippen LogP contribution in [0.25, 0.3) is 0 Å². The number of nitrogens with one attached hydrogen (secondary N) is 1. The average Bonchev–Trinajstić information content (AvgIpc) is 2.82. The molecule has 0 amide bonds. The minimum Gasteiger partial charge on any atom is -0.383 e. The summed E-state index contributed by atoms with van der Waals surface area (Å²) in [4.78, 5) is 11.3. The lowest BCUT2D eigenvalue weighted by molar-refractivity contribution is 0.626. The molecule has 1 aromatic heterocycles. The van der Waals surface area contributed by atoms with E-state index in [0.29, 0.717) is 5.82 Å². The van der Waals surface area contributed by atoms with Crippen LogP contribution >= 0.6 is 0 Å². The van der Waals surface area contributed by atoms with Crippen molar-refractivity contribution in [2.45, 2.75) is 25.8 Å². The van der Waals surface area contributed by atoms with Crippen LogP contribution in [0.5, 0.6) is 0 Å². The van der Waals surface area contributed by atoms with Crippen LogP contribution in [0.3, 0.4) is 0 Å². The molecule has 16 heavy (non-hydrogen) atoms. The lowest BCUT2D eigenvalue weighted by Crippen LogP contribution is -2.28. The smallest absolute Gasteiger partial charge is 0.227 e. The SMILES string of the molecule is Nc1nc(N2CCCC2)nc2c1CNCC2. The maximum atomic E-state index is 5.99.